The summed E-state index contributed by atoms with van der Waals surface area (Å²) < 4.78 is 6.26. The molecule has 0 aliphatic heterocycles. The molecule has 0 saturated heterocycles. The van der Waals surface area contributed by atoms with Crippen LogP contribution in [0.15, 0.2) is 65.4 Å². The Morgan fingerprint density at radius 2 is 1.96 bits per heavy atom. The molecule has 0 fully saturated rings. The molecule has 2 aromatic carbocycles. The van der Waals surface area contributed by atoms with E-state index in [1.165, 1.54) is 0 Å². The third-order valence-corrected chi connectivity index (χ3v) is 4.81. The summed E-state index contributed by atoms with van der Waals surface area (Å²) in [5.74, 6) is 1.95. The van der Waals surface area contributed by atoms with E-state index in [0.717, 1.165) is 32.4 Å². The van der Waals surface area contributed by atoms with Crippen LogP contribution < -0.4 is 10.1 Å². The Hall–Kier alpha value is -2.70. The molecule has 0 aliphatic rings. The number of halogens is 2. The van der Waals surface area contributed by atoms with Gasteiger partial charge in [-0.1, -0.05) is 27.5 Å². The van der Waals surface area contributed by atoms with Crippen LogP contribution in [0.25, 0.3) is 22.3 Å². The zero-order valence-electron chi connectivity index (χ0n) is 14.3. The minimum Gasteiger partial charge on any atom is -0.497 e. The molecule has 0 bridgehead atoms. The molecule has 1 N–H and O–H groups in total. The first kappa shape index (κ1) is 17.7. The quantitative estimate of drug-likeness (QED) is 0.430. The molecule has 0 saturated carbocycles. The fourth-order valence-electron chi connectivity index (χ4n) is 2.67. The molecular weight excluding hydrogens is 428 g/mol. The summed E-state index contributed by atoms with van der Waals surface area (Å²) in [6.07, 6.45) is 3.46. The van der Waals surface area contributed by atoms with Crippen molar-refractivity contribution in [3.8, 4) is 17.1 Å². The average Bonchev–Trinajstić information content (AvgIpc) is 2.70. The van der Waals surface area contributed by atoms with Crippen molar-refractivity contribution in [3.05, 3.63) is 70.4 Å². The number of hydrogen-bond acceptors (Lipinski definition) is 5. The van der Waals surface area contributed by atoms with E-state index in [1.54, 1.807) is 19.5 Å². The van der Waals surface area contributed by atoms with Gasteiger partial charge in [-0.25, -0.2) is 9.97 Å². The fraction of sp³-hybridized carbons (Fsp3) is 0.0500. The van der Waals surface area contributed by atoms with E-state index in [4.69, 9.17) is 21.3 Å². The standard InChI is InChI=1S/C20H14BrClN4O/c1-27-14-5-7-17-15(10-14)20(25-18-6-4-13(21)9-16(18)22)26-19(24-17)12-3-2-8-23-11-12/h2-11H,1H3,(H,24,25,26). The van der Waals surface area contributed by atoms with Gasteiger partial charge in [0.1, 0.15) is 11.6 Å². The Kier molecular flexibility index (Phi) is 4.92. The molecule has 2 heterocycles. The second kappa shape index (κ2) is 7.50. The molecule has 134 valence electrons. The van der Waals surface area contributed by atoms with Gasteiger partial charge in [0.05, 0.1) is 23.3 Å². The van der Waals surface area contributed by atoms with Gasteiger partial charge in [0, 0.05) is 27.8 Å². The zero-order chi connectivity index (χ0) is 18.8. The van der Waals surface area contributed by atoms with Crippen molar-refractivity contribution in [2.45, 2.75) is 0 Å². The number of methoxy groups -OCH3 is 1. The lowest BCUT2D eigenvalue weighted by molar-refractivity contribution is 0.415. The number of fused-ring (bicyclic) bond motifs is 1. The van der Waals surface area contributed by atoms with Gasteiger partial charge in [0.15, 0.2) is 5.82 Å². The van der Waals surface area contributed by atoms with Crippen molar-refractivity contribution in [3.63, 3.8) is 0 Å². The van der Waals surface area contributed by atoms with Crippen molar-refractivity contribution in [2.75, 3.05) is 12.4 Å². The van der Waals surface area contributed by atoms with E-state index in [-0.39, 0.29) is 0 Å². The van der Waals surface area contributed by atoms with Crippen LogP contribution in [-0.2, 0) is 0 Å². The van der Waals surface area contributed by atoms with E-state index in [2.05, 4.69) is 31.2 Å². The highest BCUT2D eigenvalue weighted by Gasteiger charge is 2.12. The number of rotatable bonds is 4. The SMILES string of the molecule is COc1ccc2nc(-c3cccnc3)nc(Nc3ccc(Br)cc3Cl)c2c1. The van der Waals surface area contributed by atoms with Crippen molar-refractivity contribution < 1.29 is 4.74 Å². The van der Waals surface area contributed by atoms with Crippen LogP contribution in [0, 0.1) is 0 Å². The predicted molar refractivity (Wildman–Crippen MR) is 112 cm³/mol. The Morgan fingerprint density at radius 3 is 2.70 bits per heavy atom. The van der Waals surface area contributed by atoms with E-state index in [0.29, 0.717) is 16.7 Å². The minimum absolute atomic E-state index is 0.580. The van der Waals surface area contributed by atoms with Crippen molar-refractivity contribution in [1.29, 1.82) is 0 Å². The Balaban J connectivity index is 1.89. The maximum atomic E-state index is 6.38. The number of nitrogens with zero attached hydrogens (tertiary/aromatic N) is 3. The Bertz CT molecular complexity index is 1120. The van der Waals surface area contributed by atoms with Crippen LogP contribution in [0.3, 0.4) is 0 Å². The van der Waals surface area contributed by atoms with Gasteiger partial charge in [-0.15, -0.1) is 0 Å². The second-order valence-corrected chi connectivity index (χ2v) is 7.09. The molecule has 0 atom stereocenters. The maximum absolute atomic E-state index is 6.38. The summed E-state index contributed by atoms with van der Waals surface area (Å²) in [6, 6.07) is 15.1. The van der Waals surface area contributed by atoms with Crippen LogP contribution in [0.1, 0.15) is 0 Å². The Labute approximate surface area is 169 Å². The number of nitrogens with one attached hydrogen (secondary N) is 1. The molecule has 0 amide bonds. The van der Waals surface area contributed by atoms with Crippen molar-refractivity contribution in [1.82, 2.24) is 15.0 Å². The van der Waals surface area contributed by atoms with Crippen LogP contribution in [0.2, 0.25) is 5.02 Å². The fourth-order valence-corrected chi connectivity index (χ4v) is 3.39. The largest absolute Gasteiger partial charge is 0.497 e. The van der Waals surface area contributed by atoms with Crippen LogP contribution >= 0.6 is 27.5 Å². The van der Waals surface area contributed by atoms with Gasteiger partial charge >= 0.3 is 0 Å². The highest BCUT2D eigenvalue weighted by Crippen LogP contribution is 2.33. The predicted octanol–water partition coefficient (Wildman–Crippen LogP) is 5.86. The third kappa shape index (κ3) is 3.72. The monoisotopic (exact) mass is 440 g/mol. The first-order chi connectivity index (χ1) is 13.1. The van der Waals surface area contributed by atoms with Crippen molar-refractivity contribution in [2.24, 2.45) is 0 Å². The highest BCUT2D eigenvalue weighted by atomic mass is 79.9. The summed E-state index contributed by atoms with van der Waals surface area (Å²) in [5, 5.41) is 4.74. The second-order valence-electron chi connectivity index (χ2n) is 5.77. The molecule has 27 heavy (non-hydrogen) atoms. The average molecular weight is 442 g/mol. The van der Waals surface area contributed by atoms with Gasteiger partial charge < -0.3 is 10.1 Å². The summed E-state index contributed by atoms with van der Waals surface area (Å²) in [7, 11) is 1.63. The molecular formula is C20H14BrClN4O. The minimum atomic E-state index is 0.580. The summed E-state index contributed by atoms with van der Waals surface area (Å²) in [4.78, 5) is 13.5. The number of ether oxygens (including phenoxy) is 1. The first-order valence-electron chi connectivity index (χ1n) is 8.12. The lowest BCUT2D eigenvalue weighted by Gasteiger charge is -2.13. The van der Waals surface area contributed by atoms with Gasteiger partial charge in [-0.3, -0.25) is 4.98 Å². The van der Waals surface area contributed by atoms with Crippen molar-refractivity contribution >= 4 is 49.9 Å². The van der Waals surface area contributed by atoms with Gasteiger partial charge in [0.2, 0.25) is 0 Å². The first-order valence-corrected chi connectivity index (χ1v) is 9.29. The smallest absolute Gasteiger partial charge is 0.163 e. The molecule has 0 aliphatic carbocycles. The number of benzene rings is 2. The molecule has 4 rings (SSSR count). The topological polar surface area (TPSA) is 59.9 Å². The van der Waals surface area contributed by atoms with Crippen LogP contribution in [0.4, 0.5) is 11.5 Å². The summed E-state index contributed by atoms with van der Waals surface area (Å²) in [6.45, 7) is 0. The maximum Gasteiger partial charge on any atom is 0.163 e. The van der Waals surface area contributed by atoms with Gasteiger partial charge in [-0.2, -0.15) is 0 Å². The van der Waals surface area contributed by atoms with Gasteiger partial charge in [-0.05, 0) is 48.5 Å². The van der Waals surface area contributed by atoms with E-state index < -0.39 is 0 Å². The molecule has 7 heteroatoms. The van der Waals surface area contributed by atoms with Crippen LogP contribution in [-0.4, -0.2) is 22.1 Å². The number of pyridine rings is 1. The molecule has 4 aromatic rings. The molecule has 0 radical (unpaired) electrons. The van der Waals surface area contributed by atoms with Gasteiger partial charge in [0.25, 0.3) is 0 Å². The third-order valence-electron chi connectivity index (χ3n) is 4.01. The molecule has 0 unspecified atom stereocenters. The summed E-state index contributed by atoms with van der Waals surface area (Å²) >= 11 is 9.80. The van der Waals surface area contributed by atoms with E-state index in [1.807, 2.05) is 48.5 Å². The van der Waals surface area contributed by atoms with Crippen LogP contribution in [0.5, 0.6) is 5.75 Å². The highest BCUT2D eigenvalue weighted by molar-refractivity contribution is 9.10. The molecule has 0 spiro atoms. The molecule has 5 nitrogen and oxygen atoms in total. The lowest BCUT2D eigenvalue weighted by atomic mass is 10.2. The lowest BCUT2D eigenvalue weighted by Crippen LogP contribution is -2.00. The zero-order valence-corrected chi connectivity index (χ0v) is 16.6. The van der Waals surface area contributed by atoms with E-state index in [9.17, 15) is 0 Å². The number of anilines is 2. The number of hydrogen-bond donors (Lipinski definition) is 1. The Morgan fingerprint density at radius 1 is 1.07 bits per heavy atom. The number of aromatic nitrogens is 3. The van der Waals surface area contributed by atoms with E-state index >= 15 is 0 Å². The molecule has 2 aromatic heterocycles. The normalized spacial score (nSPS) is 10.8. The summed E-state index contributed by atoms with van der Waals surface area (Å²) in [5.41, 5.74) is 2.38.